The molecule has 1 saturated heterocycles. The zero-order valence-corrected chi connectivity index (χ0v) is 14.0. The van der Waals surface area contributed by atoms with Crippen molar-refractivity contribution in [3.05, 3.63) is 30.1 Å². The van der Waals surface area contributed by atoms with Crippen molar-refractivity contribution >= 4 is 5.91 Å². The van der Waals surface area contributed by atoms with Gasteiger partial charge in [-0.05, 0) is 50.9 Å². The monoisotopic (exact) mass is 336 g/mol. The van der Waals surface area contributed by atoms with Gasteiger partial charge in [0.2, 0.25) is 0 Å². The van der Waals surface area contributed by atoms with Gasteiger partial charge in [0.1, 0.15) is 11.6 Å². The number of aliphatic hydroxyl groups excluding tert-OH is 1. The molecule has 1 aromatic carbocycles. The zero-order chi connectivity index (χ0) is 17.1. The maximum Gasteiger partial charge on any atom is 0.260 e. The maximum atomic E-state index is 13.1. The maximum absolute atomic E-state index is 13.1. The standard InChI is InChI=1S/C18H25FN2O3/c1-20(17(22)12-24-14-6-4-5-13(19)11-14)15-7-8-16(18(15)23)21-9-2-3-10-21/h4-6,11,15-16,18,23H,2-3,7-10,12H2,1H3/t15-,16-,18-/m1/s1. The van der Waals surface area contributed by atoms with Crippen LogP contribution in [0.5, 0.6) is 5.75 Å². The molecule has 2 aliphatic rings. The van der Waals surface area contributed by atoms with Gasteiger partial charge in [-0.3, -0.25) is 9.69 Å². The first-order valence-electron chi connectivity index (χ1n) is 8.62. The average molecular weight is 336 g/mol. The Balaban J connectivity index is 1.53. The summed E-state index contributed by atoms with van der Waals surface area (Å²) in [7, 11) is 1.71. The van der Waals surface area contributed by atoms with E-state index < -0.39 is 11.9 Å². The predicted octanol–water partition coefficient (Wildman–Crippen LogP) is 1.65. The molecule has 0 radical (unpaired) electrons. The Morgan fingerprint density at radius 1 is 1.38 bits per heavy atom. The molecule has 1 N–H and O–H groups in total. The highest BCUT2D eigenvalue weighted by atomic mass is 19.1. The van der Waals surface area contributed by atoms with Crippen molar-refractivity contribution < 1.29 is 19.0 Å². The van der Waals surface area contributed by atoms with E-state index >= 15 is 0 Å². The van der Waals surface area contributed by atoms with Crippen LogP contribution in [0.4, 0.5) is 4.39 Å². The Morgan fingerprint density at radius 2 is 2.12 bits per heavy atom. The molecular weight excluding hydrogens is 311 g/mol. The van der Waals surface area contributed by atoms with Crippen LogP contribution in [-0.4, -0.2) is 65.7 Å². The molecule has 1 aliphatic carbocycles. The summed E-state index contributed by atoms with van der Waals surface area (Å²) in [4.78, 5) is 16.3. The van der Waals surface area contributed by atoms with Crippen molar-refractivity contribution in [1.82, 2.24) is 9.80 Å². The minimum atomic E-state index is -0.522. The number of likely N-dealkylation sites (tertiary alicyclic amines) is 1. The first-order valence-corrected chi connectivity index (χ1v) is 8.62. The topological polar surface area (TPSA) is 53.0 Å². The van der Waals surface area contributed by atoms with Gasteiger partial charge in [-0.15, -0.1) is 0 Å². The van der Waals surface area contributed by atoms with Crippen molar-refractivity contribution in [2.75, 3.05) is 26.7 Å². The van der Waals surface area contributed by atoms with Crippen molar-refractivity contribution in [3.63, 3.8) is 0 Å². The molecule has 0 unspecified atom stereocenters. The Kier molecular flexibility index (Phi) is 5.36. The fourth-order valence-electron chi connectivity index (χ4n) is 3.82. The minimum Gasteiger partial charge on any atom is -0.484 e. The molecule has 3 rings (SSSR count). The zero-order valence-electron chi connectivity index (χ0n) is 14.0. The van der Waals surface area contributed by atoms with Gasteiger partial charge in [-0.25, -0.2) is 4.39 Å². The number of amides is 1. The normalized spacial score (nSPS) is 27.4. The Morgan fingerprint density at radius 3 is 2.83 bits per heavy atom. The van der Waals surface area contributed by atoms with Crippen molar-refractivity contribution in [3.8, 4) is 5.75 Å². The third-order valence-corrected chi connectivity index (χ3v) is 5.21. The van der Waals surface area contributed by atoms with E-state index in [1.807, 2.05) is 0 Å². The lowest BCUT2D eigenvalue weighted by molar-refractivity contribution is -0.136. The van der Waals surface area contributed by atoms with E-state index in [9.17, 15) is 14.3 Å². The molecule has 1 heterocycles. The third-order valence-electron chi connectivity index (χ3n) is 5.21. The van der Waals surface area contributed by atoms with E-state index in [0.29, 0.717) is 5.75 Å². The quantitative estimate of drug-likeness (QED) is 0.888. The molecule has 24 heavy (non-hydrogen) atoms. The first kappa shape index (κ1) is 17.2. The summed E-state index contributed by atoms with van der Waals surface area (Å²) in [6.07, 6.45) is 3.55. The fraction of sp³-hybridized carbons (Fsp3) is 0.611. The van der Waals surface area contributed by atoms with Gasteiger partial charge in [-0.1, -0.05) is 6.07 Å². The Hall–Kier alpha value is -1.66. The summed E-state index contributed by atoms with van der Waals surface area (Å²) < 4.78 is 18.5. The molecule has 1 aliphatic heterocycles. The highest BCUT2D eigenvalue weighted by molar-refractivity contribution is 5.78. The largest absolute Gasteiger partial charge is 0.484 e. The van der Waals surface area contributed by atoms with Crippen LogP contribution in [0.1, 0.15) is 25.7 Å². The number of nitrogens with zero attached hydrogens (tertiary/aromatic N) is 2. The van der Waals surface area contributed by atoms with Gasteiger partial charge >= 0.3 is 0 Å². The van der Waals surface area contributed by atoms with Crippen molar-refractivity contribution in [2.24, 2.45) is 0 Å². The van der Waals surface area contributed by atoms with E-state index in [0.717, 1.165) is 25.9 Å². The van der Waals surface area contributed by atoms with Crippen LogP contribution in [0.3, 0.4) is 0 Å². The van der Waals surface area contributed by atoms with Gasteiger partial charge in [0.05, 0.1) is 12.1 Å². The summed E-state index contributed by atoms with van der Waals surface area (Å²) >= 11 is 0. The smallest absolute Gasteiger partial charge is 0.260 e. The number of rotatable bonds is 5. The first-order chi connectivity index (χ1) is 11.6. The van der Waals surface area contributed by atoms with Crippen molar-refractivity contribution in [2.45, 2.75) is 43.9 Å². The van der Waals surface area contributed by atoms with Gasteiger partial charge < -0.3 is 14.7 Å². The van der Waals surface area contributed by atoms with E-state index in [1.54, 1.807) is 24.1 Å². The molecule has 1 saturated carbocycles. The highest BCUT2D eigenvalue weighted by Gasteiger charge is 2.41. The number of aliphatic hydroxyl groups is 1. The lowest BCUT2D eigenvalue weighted by Gasteiger charge is -2.32. The molecule has 2 fully saturated rings. The lowest BCUT2D eigenvalue weighted by Crippen LogP contribution is -2.49. The second-order valence-corrected chi connectivity index (χ2v) is 6.70. The summed E-state index contributed by atoms with van der Waals surface area (Å²) in [5.74, 6) is -0.267. The Bertz CT molecular complexity index is 577. The molecule has 132 valence electrons. The lowest BCUT2D eigenvalue weighted by atomic mass is 10.1. The second kappa shape index (κ2) is 7.49. The van der Waals surface area contributed by atoms with Crippen molar-refractivity contribution in [1.29, 1.82) is 0 Å². The fourth-order valence-corrected chi connectivity index (χ4v) is 3.82. The number of hydrogen-bond donors (Lipinski definition) is 1. The molecule has 0 spiro atoms. The van der Waals surface area contributed by atoms with E-state index in [1.165, 1.54) is 25.0 Å². The van der Waals surface area contributed by atoms with Gasteiger partial charge in [-0.2, -0.15) is 0 Å². The second-order valence-electron chi connectivity index (χ2n) is 6.70. The number of ether oxygens (including phenoxy) is 1. The van der Waals surface area contributed by atoms with Gasteiger partial charge in [0.15, 0.2) is 6.61 Å². The SMILES string of the molecule is CN(C(=O)COc1cccc(F)c1)[C@@H]1CC[C@@H](N2CCCC2)[C@@H]1O. The molecule has 3 atom stereocenters. The number of hydrogen-bond acceptors (Lipinski definition) is 4. The molecular formula is C18H25FN2O3. The molecule has 1 aromatic rings. The predicted molar refractivity (Wildman–Crippen MR) is 88.3 cm³/mol. The van der Waals surface area contributed by atoms with Crippen LogP contribution in [-0.2, 0) is 4.79 Å². The average Bonchev–Trinajstić information content (AvgIpc) is 3.21. The van der Waals surface area contributed by atoms with Crippen LogP contribution in [0.2, 0.25) is 0 Å². The van der Waals surface area contributed by atoms with Crippen LogP contribution in [0.25, 0.3) is 0 Å². The highest BCUT2D eigenvalue weighted by Crippen LogP contribution is 2.30. The van der Waals surface area contributed by atoms with E-state index in [2.05, 4.69) is 4.90 Å². The number of likely N-dealkylation sites (N-methyl/N-ethyl adjacent to an activating group) is 1. The van der Waals surface area contributed by atoms with Gasteiger partial charge in [0.25, 0.3) is 5.91 Å². The Labute approximate surface area is 142 Å². The van der Waals surface area contributed by atoms with Crippen LogP contribution < -0.4 is 4.74 Å². The van der Waals surface area contributed by atoms with Crippen LogP contribution in [0.15, 0.2) is 24.3 Å². The van der Waals surface area contributed by atoms with E-state index in [-0.39, 0.29) is 24.6 Å². The van der Waals surface area contributed by atoms with Crippen LogP contribution >= 0.6 is 0 Å². The third kappa shape index (κ3) is 3.70. The minimum absolute atomic E-state index is 0.150. The molecule has 5 nitrogen and oxygen atoms in total. The number of carbonyl (C=O) groups is 1. The molecule has 0 aromatic heterocycles. The van der Waals surface area contributed by atoms with Gasteiger partial charge in [0, 0.05) is 19.2 Å². The number of halogens is 1. The van der Waals surface area contributed by atoms with E-state index in [4.69, 9.17) is 4.74 Å². The summed E-state index contributed by atoms with van der Waals surface area (Å²) in [6, 6.07) is 5.70. The van der Waals surface area contributed by atoms with Crippen LogP contribution in [0, 0.1) is 5.82 Å². The molecule has 1 amide bonds. The summed E-state index contributed by atoms with van der Waals surface area (Å²) in [5, 5.41) is 10.6. The molecule has 6 heteroatoms. The number of carbonyl (C=O) groups excluding carboxylic acids is 1. The summed E-state index contributed by atoms with van der Waals surface area (Å²) in [5.41, 5.74) is 0. The molecule has 0 bridgehead atoms. The number of benzene rings is 1. The summed E-state index contributed by atoms with van der Waals surface area (Å²) in [6.45, 7) is 1.92.